The molecule has 146 valence electrons. The van der Waals surface area contributed by atoms with Gasteiger partial charge in [-0.1, -0.05) is 11.6 Å². The van der Waals surface area contributed by atoms with Crippen molar-refractivity contribution in [1.29, 1.82) is 0 Å². The van der Waals surface area contributed by atoms with Gasteiger partial charge in [-0.05, 0) is 28.4 Å². The van der Waals surface area contributed by atoms with E-state index < -0.39 is 11.6 Å². The number of hydrogen-bond acceptors (Lipinski definition) is 5. The second-order valence-corrected chi connectivity index (χ2v) is 7.70. The Balaban J connectivity index is 1.81. The first-order valence-electron chi connectivity index (χ1n) is 8.46. The molecule has 1 atom stereocenters. The van der Waals surface area contributed by atoms with Gasteiger partial charge in [0.2, 0.25) is 0 Å². The number of anilines is 1. The molecule has 1 aliphatic heterocycles. The summed E-state index contributed by atoms with van der Waals surface area (Å²) in [5.74, 6) is -1.27. The van der Waals surface area contributed by atoms with E-state index >= 15 is 0 Å². The molecule has 0 radical (unpaired) electrons. The Bertz CT molecular complexity index is 1080. The topological polar surface area (TPSA) is 97.2 Å². The van der Waals surface area contributed by atoms with E-state index in [-0.39, 0.29) is 22.6 Å². The number of hydrogen-bond donors (Lipinski definition) is 3. The Morgan fingerprint density at radius 3 is 3.04 bits per heavy atom. The second-order valence-electron chi connectivity index (χ2n) is 6.38. The molecule has 10 heteroatoms. The molecule has 0 aliphatic carbocycles. The number of amidine groups is 1. The number of ether oxygens (including phenoxy) is 1. The van der Waals surface area contributed by atoms with Gasteiger partial charge in [0.05, 0.1) is 46.3 Å². The lowest BCUT2D eigenvalue weighted by Crippen LogP contribution is -2.24. The van der Waals surface area contributed by atoms with Gasteiger partial charge in [0.15, 0.2) is 11.6 Å². The smallest absolute Gasteiger partial charge is 0.167 e. The standard InChI is InChI=1S/C18H16BrClFN5O2/c19-9-3-15-17(24-10-1-2-28-8-10)11(6-23-26(15)7-9)18(22)25-14-5-13(21)16(27)4-12(14)20/h3-7,10,24,27H,1-2,8H2,(H2,22,25)/t10-/m0/s1. The molecule has 0 bridgehead atoms. The maximum absolute atomic E-state index is 13.7. The normalized spacial score (nSPS) is 17.4. The Morgan fingerprint density at radius 1 is 1.46 bits per heavy atom. The van der Waals surface area contributed by atoms with Crippen LogP contribution in [0.2, 0.25) is 5.02 Å². The first-order valence-corrected chi connectivity index (χ1v) is 9.63. The molecule has 4 rings (SSSR count). The average Bonchev–Trinajstić information content (AvgIpc) is 3.28. The third-order valence-corrected chi connectivity index (χ3v) is 5.15. The number of halogens is 3. The van der Waals surface area contributed by atoms with Crippen LogP contribution in [-0.2, 0) is 4.74 Å². The summed E-state index contributed by atoms with van der Waals surface area (Å²) < 4.78 is 21.7. The van der Waals surface area contributed by atoms with Crippen LogP contribution < -0.4 is 11.1 Å². The van der Waals surface area contributed by atoms with Crippen molar-refractivity contribution in [1.82, 2.24) is 9.61 Å². The van der Waals surface area contributed by atoms with Gasteiger partial charge in [0.25, 0.3) is 0 Å². The summed E-state index contributed by atoms with van der Waals surface area (Å²) in [6.07, 6.45) is 4.28. The molecular weight excluding hydrogens is 453 g/mol. The quantitative estimate of drug-likeness (QED) is 0.399. The van der Waals surface area contributed by atoms with Gasteiger partial charge in [-0.3, -0.25) is 0 Å². The number of benzene rings is 1. The Kier molecular flexibility index (Phi) is 5.13. The zero-order valence-corrected chi connectivity index (χ0v) is 16.8. The molecule has 3 heterocycles. The predicted molar refractivity (Wildman–Crippen MR) is 109 cm³/mol. The molecule has 1 fully saturated rings. The number of nitrogens with one attached hydrogen (secondary N) is 1. The monoisotopic (exact) mass is 467 g/mol. The van der Waals surface area contributed by atoms with E-state index in [9.17, 15) is 9.50 Å². The number of nitrogens with zero attached hydrogens (tertiary/aromatic N) is 3. The lowest BCUT2D eigenvalue weighted by molar-refractivity contribution is 0.195. The van der Waals surface area contributed by atoms with Crippen molar-refractivity contribution in [2.45, 2.75) is 12.5 Å². The van der Waals surface area contributed by atoms with Crippen LogP contribution in [0, 0.1) is 5.82 Å². The summed E-state index contributed by atoms with van der Waals surface area (Å²) in [4.78, 5) is 4.26. The van der Waals surface area contributed by atoms with Crippen LogP contribution >= 0.6 is 27.5 Å². The molecule has 0 spiro atoms. The van der Waals surface area contributed by atoms with E-state index in [4.69, 9.17) is 22.1 Å². The van der Waals surface area contributed by atoms with Crippen LogP contribution in [0.25, 0.3) is 5.52 Å². The highest BCUT2D eigenvalue weighted by Crippen LogP contribution is 2.33. The molecule has 0 saturated carbocycles. The SMILES string of the molecule is N/C(=N\c1cc(F)c(O)cc1Cl)c1cnn2cc(Br)cc2c1N[C@H]1CCOC1. The van der Waals surface area contributed by atoms with Crippen LogP contribution in [0.15, 0.2) is 40.1 Å². The van der Waals surface area contributed by atoms with Crippen molar-refractivity contribution in [3.63, 3.8) is 0 Å². The van der Waals surface area contributed by atoms with Gasteiger partial charge in [-0.25, -0.2) is 13.9 Å². The molecule has 28 heavy (non-hydrogen) atoms. The summed E-state index contributed by atoms with van der Waals surface area (Å²) in [6, 6.07) is 4.15. The minimum Gasteiger partial charge on any atom is -0.505 e. The van der Waals surface area contributed by atoms with E-state index in [0.29, 0.717) is 18.8 Å². The minimum absolute atomic E-state index is 0.0834. The summed E-state index contributed by atoms with van der Waals surface area (Å²) >= 11 is 9.51. The molecule has 1 aromatic carbocycles. The van der Waals surface area contributed by atoms with Crippen molar-refractivity contribution < 1.29 is 14.2 Å². The Hall–Kier alpha value is -2.36. The van der Waals surface area contributed by atoms with Crippen LogP contribution in [0.5, 0.6) is 5.75 Å². The number of aromatic hydroxyl groups is 1. The minimum atomic E-state index is -0.832. The highest BCUT2D eigenvalue weighted by Gasteiger charge is 2.21. The highest BCUT2D eigenvalue weighted by atomic mass is 79.9. The van der Waals surface area contributed by atoms with Crippen molar-refractivity contribution in [2.24, 2.45) is 10.7 Å². The fraction of sp³-hybridized carbons (Fsp3) is 0.222. The van der Waals surface area contributed by atoms with Crippen molar-refractivity contribution >= 4 is 50.3 Å². The summed E-state index contributed by atoms with van der Waals surface area (Å²) in [5, 5.41) is 17.3. The number of phenolic OH excluding ortho intramolecular Hbond substituents is 1. The summed E-state index contributed by atoms with van der Waals surface area (Å²) in [5.41, 5.74) is 8.44. The number of rotatable bonds is 4. The van der Waals surface area contributed by atoms with Crippen molar-refractivity contribution in [3.05, 3.63) is 51.5 Å². The van der Waals surface area contributed by atoms with Crippen LogP contribution in [0.4, 0.5) is 15.8 Å². The first-order chi connectivity index (χ1) is 13.4. The molecule has 0 amide bonds. The molecule has 1 saturated heterocycles. The van der Waals surface area contributed by atoms with E-state index in [1.165, 1.54) is 0 Å². The molecule has 3 aromatic rings. The van der Waals surface area contributed by atoms with Gasteiger partial charge >= 0.3 is 0 Å². The second kappa shape index (κ2) is 7.57. The number of phenols is 1. The molecule has 7 nitrogen and oxygen atoms in total. The predicted octanol–water partition coefficient (Wildman–Crippen LogP) is 3.83. The van der Waals surface area contributed by atoms with Gasteiger partial charge in [0, 0.05) is 29.4 Å². The third kappa shape index (κ3) is 3.65. The van der Waals surface area contributed by atoms with Crippen molar-refractivity contribution in [2.75, 3.05) is 18.5 Å². The van der Waals surface area contributed by atoms with E-state index in [1.54, 1.807) is 10.7 Å². The maximum Gasteiger partial charge on any atom is 0.167 e. The Labute approximate surface area is 173 Å². The molecule has 1 aliphatic rings. The Morgan fingerprint density at radius 2 is 2.29 bits per heavy atom. The molecular formula is C18H16BrClFN5O2. The number of fused-ring (bicyclic) bond motifs is 1. The van der Waals surface area contributed by atoms with Crippen molar-refractivity contribution in [3.8, 4) is 5.75 Å². The highest BCUT2D eigenvalue weighted by molar-refractivity contribution is 9.10. The largest absolute Gasteiger partial charge is 0.505 e. The molecule has 4 N–H and O–H groups in total. The number of aromatic nitrogens is 2. The number of nitrogens with two attached hydrogens (primary N) is 1. The summed E-state index contributed by atoms with van der Waals surface area (Å²) in [6.45, 7) is 1.27. The fourth-order valence-electron chi connectivity index (χ4n) is 3.02. The van der Waals surface area contributed by atoms with Gasteiger partial charge in [0.1, 0.15) is 5.84 Å². The first kappa shape index (κ1) is 19.0. The zero-order valence-electron chi connectivity index (χ0n) is 14.5. The maximum atomic E-state index is 13.7. The van der Waals surface area contributed by atoms with E-state index in [2.05, 4.69) is 31.3 Å². The average molecular weight is 469 g/mol. The lowest BCUT2D eigenvalue weighted by Gasteiger charge is -2.17. The van der Waals surface area contributed by atoms with E-state index in [0.717, 1.165) is 34.2 Å². The van der Waals surface area contributed by atoms with Gasteiger partial charge in [-0.15, -0.1) is 0 Å². The molecule has 0 unspecified atom stereocenters. The zero-order chi connectivity index (χ0) is 19.8. The lowest BCUT2D eigenvalue weighted by atomic mass is 10.1. The van der Waals surface area contributed by atoms with Crippen LogP contribution in [0.3, 0.4) is 0 Å². The summed E-state index contributed by atoms with van der Waals surface area (Å²) in [7, 11) is 0. The van der Waals surface area contributed by atoms with Gasteiger partial charge < -0.3 is 20.9 Å². The van der Waals surface area contributed by atoms with Gasteiger partial charge in [-0.2, -0.15) is 5.10 Å². The fourth-order valence-corrected chi connectivity index (χ4v) is 3.64. The van der Waals surface area contributed by atoms with E-state index in [1.807, 2.05) is 12.3 Å². The number of aliphatic imine (C=N–C) groups is 1. The molecule has 2 aromatic heterocycles. The van der Waals surface area contributed by atoms with Crippen LogP contribution in [-0.4, -0.2) is 39.8 Å². The van der Waals surface area contributed by atoms with Crippen LogP contribution in [0.1, 0.15) is 12.0 Å². The third-order valence-electron chi connectivity index (χ3n) is 4.42.